The van der Waals surface area contributed by atoms with Crippen molar-refractivity contribution in [3.8, 4) is 5.88 Å². The third-order valence-corrected chi connectivity index (χ3v) is 4.09. The van der Waals surface area contributed by atoms with E-state index in [-0.39, 0.29) is 0 Å². The average Bonchev–Trinajstić information content (AvgIpc) is 3.28. The molecule has 0 aromatic carbocycles. The lowest BCUT2D eigenvalue weighted by atomic mass is 10.2. The molecule has 2 aromatic rings. The van der Waals surface area contributed by atoms with Gasteiger partial charge in [-0.2, -0.15) is 0 Å². The molecular weight excluding hydrogens is 320 g/mol. The van der Waals surface area contributed by atoms with Crippen LogP contribution < -0.4 is 10.5 Å². The highest BCUT2D eigenvalue weighted by Gasteiger charge is 2.29. The molecule has 3 rings (SSSR count). The van der Waals surface area contributed by atoms with E-state index in [9.17, 15) is 0 Å². The van der Waals surface area contributed by atoms with Gasteiger partial charge in [0.2, 0.25) is 5.88 Å². The minimum atomic E-state index is 0.512. The first-order valence-electron chi connectivity index (χ1n) is 6.48. The van der Waals surface area contributed by atoms with Crippen LogP contribution in [0.5, 0.6) is 5.88 Å². The molecule has 0 aliphatic heterocycles. The van der Waals surface area contributed by atoms with E-state index in [2.05, 4.69) is 30.9 Å². The number of aromatic nitrogens is 3. The molecule has 0 unspecified atom stereocenters. The quantitative estimate of drug-likeness (QED) is 0.930. The van der Waals surface area contributed by atoms with Crippen molar-refractivity contribution in [2.24, 2.45) is 0 Å². The van der Waals surface area contributed by atoms with Crippen molar-refractivity contribution in [2.45, 2.75) is 25.2 Å². The van der Waals surface area contributed by atoms with Gasteiger partial charge in [-0.25, -0.2) is 15.0 Å². The molecule has 0 amide bonds. The predicted molar refractivity (Wildman–Crippen MR) is 79.7 cm³/mol. The van der Waals surface area contributed by atoms with Crippen LogP contribution in [0.15, 0.2) is 22.8 Å². The van der Waals surface area contributed by atoms with E-state index in [4.69, 9.17) is 10.5 Å². The Balaban J connectivity index is 1.86. The van der Waals surface area contributed by atoms with E-state index in [1.54, 1.807) is 13.3 Å². The number of halogens is 1. The van der Waals surface area contributed by atoms with Crippen LogP contribution >= 0.6 is 15.9 Å². The van der Waals surface area contributed by atoms with Gasteiger partial charge in [0.1, 0.15) is 11.6 Å². The minimum absolute atomic E-state index is 0.512. The van der Waals surface area contributed by atoms with E-state index < -0.39 is 0 Å². The molecule has 0 bridgehead atoms. The molecule has 0 radical (unpaired) electrons. The highest BCUT2D eigenvalue weighted by atomic mass is 79.9. The minimum Gasteiger partial charge on any atom is -0.481 e. The molecule has 0 saturated heterocycles. The standard InChI is InChI=1S/C14H15BrN4O/c1-20-11-5-2-8(7-17-11)6-10-18-13(9-3-4-9)12(15)14(16)19-10/h2,5,7,9H,3-4,6H2,1H3,(H2,16,18,19). The molecule has 20 heavy (non-hydrogen) atoms. The molecule has 1 saturated carbocycles. The number of hydrogen-bond acceptors (Lipinski definition) is 5. The fraction of sp³-hybridized carbons (Fsp3) is 0.357. The maximum absolute atomic E-state index is 5.95. The Bertz CT molecular complexity index is 626. The van der Waals surface area contributed by atoms with Crippen LogP contribution in [0.2, 0.25) is 0 Å². The zero-order chi connectivity index (χ0) is 14.1. The molecule has 1 aliphatic rings. The first-order chi connectivity index (χ1) is 9.67. The Kier molecular flexibility index (Phi) is 3.56. The predicted octanol–water partition coefficient (Wildman–Crippen LogP) is 2.69. The number of nitrogens with zero attached hydrogens (tertiary/aromatic N) is 3. The number of nitrogens with two attached hydrogens (primary N) is 1. The van der Waals surface area contributed by atoms with Crippen molar-refractivity contribution < 1.29 is 4.74 Å². The van der Waals surface area contributed by atoms with Crippen LogP contribution in [-0.4, -0.2) is 22.1 Å². The SMILES string of the molecule is COc1ccc(Cc2nc(N)c(Br)c(C3CC3)n2)cn1. The van der Waals surface area contributed by atoms with Gasteiger partial charge < -0.3 is 10.5 Å². The van der Waals surface area contributed by atoms with E-state index in [0.29, 0.717) is 24.0 Å². The van der Waals surface area contributed by atoms with Crippen LogP contribution in [0, 0.1) is 0 Å². The maximum atomic E-state index is 5.95. The lowest BCUT2D eigenvalue weighted by Crippen LogP contribution is -2.05. The van der Waals surface area contributed by atoms with Crippen molar-refractivity contribution in [3.63, 3.8) is 0 Å². The normalized spacial score (nSPS) is 14.3. The fourth-order valence-electron chi connectivity index (χ4n) is 2.06. The van der Waals surface area contributed by atoms with Crippen molar-refractivity contribution in [1.82, 2.24) is 15.0 Å². The Labute approximate surface area is 125 Å². The van der Waals surface area contributed by atoms with Gasteiger partial charge in [0.05, 0.1) is 17.3 Å². The van der Waals surface area contributed by atoms with Gasteiger partial charge in [0, 0.05) is 24.6 Å². The lowest BCUT2D eigenvalue weighted by molar-refractivity contribution is 0.397. The van der Waals surface area contributed by atoms with Crippen LogP contribution in [0.1, 0.15) is 35.8 Å². The zero-order valence-electron chi connectivity index (χ0n) is 11.1. The van der Waals surface area contributed by atoms with Gasteiger partial charge in [-0.15, -0.1) is 0 Å². The second-order valence-corrected chi connectivity index (χ2v) is 5.68. The van der Waals surface area contributed by atoms with Gasteiger partial charge in [-0.3, -0.25) is 0 Å². The van der Waals surface area contributed by atoms with Gasteiger partial charge >= 0.3 is 0 Å². The number of rotatable bonds is 4. The molecule has 1 fully saturated rings. The number of anilines is 1. The summed E-state index contributed by atoms with van der Waals surface area (Å²) in [5.41, 5.74) is 8.03. The highest BCUT2D eigenvalue weighted by molar-refractivity contribution is 9.10. The van der Waals surface area contributed by atoms with Crippen LogP contribution in [0.3, 0.4) is 0 Å². The smallest absolute Gasteiger partial charge is 0.212 e. The molecule has 6 heteroatoms. The van der Waals surface area contributed by atoms with E-state index in [1.165, 1.54) is 12.8 Å². The molecule has 5 nitrogen and oxygen atoms in total. The molecule has 0 spiro atoms. The molecule has 104 valence electrons. The average molecular weight is 335 g/mol. The number of hydrogen-bond donors (Lipinski definition) is 1. The van der Waals surface area contributed by atoms with E-state index in [1.807, 2.05) is 12.1 Å². The van der Waals surface area contributed by atoms with Crippen molar-refractivity contribution >= 4 is 21.7 Å². The van der Waals surface area contributed by atoms with Gasteiger partial charge in [-0.05, 0) is 34.3 Å². The second-order valence-electron chi connectivity index (χ2n) is 4.88. The monoisotopic (exact) mass is 334 g/mol. The largest absolute Gasteiger partial charge is 0.481 e. The summed E-state index contributed by atoms with van der Waals surface area (Å²) < 4.78 is 5.89. The topological polar surface area (TPSA) is 73.9 Å². The summed E-state index contributed by atoms with van der Waals surface area (Å²) in [6.07, 6.45) is 4.75. The van der Waals surface area contributed by atoms with Crippen molar-refractivity contribution in [3.05, 3.63) is 39.9 Å². The van der Waals surface area contributed by atoms with E-state index >= 15 is 0 Å². The van der Waals surface area contributed by atoms with Crippen LogP contribution in [0.25, 0.3) is 0 Å². The number of nitrogen functional groups attached to an aromatic ring is 1. The summed E-state index contributed by atoms with van der Waals surface area (Å²) in [5, 5.41) is 0. The Hall–Kier alpha value is -1.69. The summed E-state index contributed by atoms with van der Waals surface area (Å²) >= 11 is 3.48. The molecule has 2 aromatic heterocycles. The summed E-state index contributed by atoms with van der Waals surface area (Å²) in [5.74, 6) is 2.38. The third kappa shape index (κ3) is 2.75. The van der Waals surface area contributed by atoms with Gasteiger partial charge in [-0.1, -0.05) is 6.07 Å². The molecular formula is C14H15BrN4O. The first kappa shape index (κ1) is 13.3. The van der Waals surface area contributed by atoms with E-state index in [0.717, 1.165) is 21.6 Å². The first-order valence-corrected chi connectivity index (χ1v) is 7.27. The summed E-state index contributed by atoms with van der Waals surface area (Å²) in [4.78, 5) is 13.2. The number of pyridine rings is 1. The Morgan fingerprint density at radius 3 is 2.75 bits per heavy atom. The highest BCUT2D eigenvalue weighted by Crippen LogP contribution is 2.43. The number of ether oxygens (including phenoxy) is 1. The van der Waals surface area contributed by atoms with Gasteiger partial charge in [0.25, 0.3) is 0 Å². The second kappa shape index (κ2) is 5.36. The molecule has 2 heterocycles. The Morgan fingerprint density at radius 2 is 2.15 bits per heavy atom. The van der Waals surface area contributed by atoms with Gasteiger partial charge in [0.15, 0.2) is 0 Å². The summed E-state index contributed by atoms with van der Waals surface area (Å²) in [7, 11) is 1.60. The summed E-state index contributed by atoms with van der Waals surface area (Å²) in [6.45, 7) is 0. The molecule has 1 aliphatic carbocycles. The van der Waals surface area contributed by atoms with Crippen LogP contribution in [0.4, 0.5) is 5.82 Å². The zero-order valence-corrected chi connectivity index (χ0v) is 12.7. The third-order valence-electron chi connectivity index (χ3n) is 3.28. The van der Waals surface area contributed by atoms with Crippen LogP contribution in [-0.2, 0) is 6.42 Å². The fourth-order valence-corrected chi connectivity index (χ4v) is 2.56. The summed E-state index contributed by atoms with van der Waals surface area (Å²) in [6, 6.07) is 3.80. The van der Waals surface area contributed by atoms with Crippen molar-refractivity contribution in [1.29, 1.82) is 0 Å². The van der Waals surface area contributed by atoms with Crippen molar-refractivity contribution in [2.75, 3.05) is 12.8 Å². The maximum Gasteiger partial charge on any atom is 0.212 e. The lowest BCUT2D eigenvalue weighted by Gasteiger charge is -2.08. The number of methoxy groups -OCH3 is 1. The molecule has 2 N–H and O–H groups in total. The molecule has 0 atom stereocenters. The Morgan fingerprint density at radius 1 is 1.35 bits per heavy atom.